The van der Waals surface area contributed by atoms with Crippen LogP contribution < -0.4 is 10.2 Å². The molecule has 1 aromatic heterocycles. The molecule has 1 aliphatic heterocycles. The summed E-state index contributed by atoms with van der Waals surface area (Å²) in [4.78, 5) is 21.4. The molecule has 2 heterocycles. The second-order valence-electron chi connectivity index (χ2n) is 6.51. The van der Waals surface area contributed by atoms with E-state index in [1.807, 2.05) is 44.2 Å². The van der Waals surface area contributed by atoms with E-state index in [2.05, 4.69) is 36.0 Å². The van der Waals surface area contributed by atoms with E-state index in [1.165, 1.54) is 0 Å². The fraction of sp³-hybridized carbons (Fsp3) is 0.368. The maximum absolute atomic E-state index is 12.6. The molecule has 1 atom stereocenters. The fourth-order valence-electron chi connectivity index (χ4n) is 3.02. The topological polar surface area (TPSA) is 48.5 Å². The first-order chi connectivity index (χ1) is 12.4. The summed E-state index contributed by atoms with van der Waals surface area (Å²) in [6, 6.07) is 9.51. The van der Waals surface area contributed by atoms with Gasteiger partial charge in [-0.05, 0) is 59.6 Å². The molecule has 1 saturated heterocycles. The van der Waals surface area contributed by atoms with Crippen molar-refractivity contribution in [1.29, 1.82) is 0 Å². The van der Waals surface area contributed by atoms with Gasteiger partial charge in [0.15, 0.2) is 0 Å². The van der Waals surface area contributed by atoms with E-state index in [0.717, 1.165) is 47.7 Å². The molecule has 0 bridgehead atoms. The minimum atomic E-state index is -0.191. The molecule has 3 rings (SSSR count). The quantitative estimate of drug-likeness (QED) is 0.787. The van der Waals surface area contributed by atoms with E-state index >= 15 is 0 Å². The van der Waals surface area contributed by atoms with Crippen molar-refractivity contribution in [3.05, 3.63) is 51.6 Å². The van der Waals surface area contributed by atoms with E-state index < -0.39 is 0 Å². The van der Waals surface area contributed by atoms with Gasteiger partial charge in [-0.2, -0.15) is 0 Å². The number of hydrogen-bond donors (Lipinski definition) is 1. The number of pyridine rings is 1. The Morgan fingerprint density at radius 3 is 2.58 bits per heavy atom. The minimum absolute atomic E-state index is 0.00706. The average molecular weight is 438 g/mol. The highest BCUT2D eigenvalue weighted by atomic mass is 79.9. The molecule has 0 radical (unpaired) electrons. The molecule has 1 fully saturated rings. The number of anilines is 2. The second kappa shape index (κ2) is 8.37. The van der Waals surface area contributed by atoms with Crippen LogP contribution in [-0.2, 0) is 4.79 Å². The number of nitrogens with one attached hydrogen (secondary N) is 1. The lowest BCUT2D eigenvalue weighted by molar-refractivity contribution is -0.120. The normalized spacial score (nSPS) is 16.4. The summed E-state index contributed by atoms with van der Waals surface area (Å²) in [7, 11) is 0. The van der Waals surface area contributed by atoms with Crippen LogP contribution in [0.5, 0.6) is 0 Å². The zero-order valence-electron chi connectivity index (χ0n) is 14.9. The van der Waals surface area contributed by atoms with Crippen LogP contribution in [0.3, 0.4) is 0 Å². The summed E-state index contributed by atoms with van der Waals surface area (Å²) in [5.74, 6) is 0.933. The number of aryl methyl sites for hydroxylation is 1. The average Bonchev–Trinajstić information content (AvgIpc) is 2.64. The van der Waals surface area contributed by atoms with Gasteiger partial charge in [0.1, 0.15) is 5.82 Å². The molecule has 26 heavy (non-hydrogen) atoms. The predicted molar refractivity (Wildman–Crippen MR) is 110 cm³/mol. The molecule has 7 heteroatoms. The van der Waals surface area contributed by atoms with Gasteiger partial charge in [-0.3, -0.25) is 9.69 Å². The lowest BCUT2D eigenvalue weighted by Gasteiger charge is -2.38. The maximum atomic E-state index is 12.6. The SMILES string of the molecule is Cc1ccc(NC(=O)C(C)N2CCN(c3ccc(Cl)cn3)CC2)c(Br)c1. The number of carbonyl (C=O) groups excluding carboxylic acids is 1. The zero-order chi connectivity index (χ0) is 18.7. The molecular weight excluding hydrogens is 416 g/mol. The second-order valence-corrected chi connectivity index (χ2v) is 7.80. The smallest absolute Gasteiger partial charge is 0.241 e. The van der Waals surface area contributed by atoms with Crippen LogP contribution in [0, 0.1) is 6.92 Å². The van der Waals surface area contributed by atoms with Crippen LogP contribution in [0.15, 0.2) is 41.0 Å². The lowest BCUT2D eigenvalue weighted by Crippen LogP contribution is -2.53. The summed E-state index contributed by atoms with van der Waals surface area (Å²) in [5, 5.41) is 3.65. The van der Waals surface area contributed by atoms with Gasteiger partial charge in [0.2, 0.25) is 5.91 Å². The number of carbonyl (C=O) groups is 1. The number of amides is 1. The first kappa shape index (κ1) is 19.1. The Kier molecular flexibility index (Phi) is 6.16. The molecule has 1 aromatic carbocycles. The zero-order valence-corrected chi connectivity index (χ0v) is 17.2. The number of halogens is 2. The van der Waals surface area contributed by atoms with Gasteiger partial charge in [-0.15, -0.1) is 0 Å². The largest absolute Gasteiger partial charge is 0.354 e. The molecule has 0 spiro atoms. The van der Waals surface area contributed by atoms with Gasteiger partial charge in [0, 0.05) is 36.8 Å². The number of aromatic nitrogens is 1. The Hall–Kier alpha value is -1.63. The minimum Gasteiger partial charge on any atom is -0.354 e. The lowest BCUT2D eigenvalue weighted by atomic mass is 10.2. The van der Waals surface area contributed by atoms with E-state index in [9.17, 15) is 4.79 Å². The first-order valence-electron chi connectivity index (χ1n) is 8.61. The molecule has 138 valence electrons. The summed E-state index contributed by atoms with van der Waals surface area (Å²) < 4.78 is 0.900. The number of hydrogen-bond acceptors (Lipinski definition) is 4. The summed E-state index contributed by atoms with van der Waals surface area (Å²) in [6.45, 7) is 7.27. The molecule has 5 nitrogen and oxygen atoms in total. The Morgan fingerprint density at radius 1 is 1.23 bits per heavy atom. The van der Waals surface area contributed by atoms with Crippen molar-refractivity contribution in [1.82, 2.24) is 9.88 Å². The van der Waals surface area contributed by atoms with Crippen LogP contribution in [0.2, 0.25) is 5.02 Å². The van der Waals surface area contributed by atoms with Crippen LogP contribution in [0.4, 0.5) is 11.5 Å². The van der Waals surface area contributed by atoms with E-state index in [4.69, 9.17) is 11.6 Å². The third-order valence-electron chi connectivity index (χ3n) is 4.66. The summed E-state index contributed by atoms with van der Waals surface area (Å²) >= 11 is 9.41. The van der Waals surface area contributed by atoms with Crippen LogP contribution in [0.25, 0.3) is 0 Å². The van der Waals surface area contributed by atoms with Gasteiger partial charge >= 0.3 is 0 Å². The Labute approximate surface area is 167 Å². The molecule has 1 aliphatic rings. The van der Waals surface area contributed by atoms with Crippen molar-refractivity contribution in [3.63, 3.8) is 0 Å². The Bertz CT molecular complexity index is 776. The van der Waals surface area contributed by atoms with Gasteiger partial charge < -0.3 is 10.2 Å². The van der Waals surface area contributed by atoms with Crippen molar-refractivity contribution in [3.8, 4) is 0 Å². The van der Waals surface area contributed by atoms with E-state index in [1.54, 1.807) is 6.20 Å². The predicted octanol–water partition coefficient (Wildman–Crippen LogP) is 3.96. The third kappa shape index (κ3) is 4.55. The van der Waals surface area contributed by atoms with Gasteiger partial charge in [-0.25, -0.2) is 4.98 Å². The molecule has 2 aromatic rings. The Balaban J connectivity index is 1.56. The molecule has 1 amide bonds. The van der Waals surface area contributed by atoms with E-state index in [0.29, 0.717) is 5.02 Å². The fourth-order valence-corrected chi connectivity index (χ4v) is 3.72. The number of nitrogens with zero attached hydrogens (tertiary/aromatic N) is 3. The standard InChI is InChI=1S/C19H22BrClN4O/c1-13-3-5-17(16(20)11-13)23-19(26)14(2)24-7-9-25(10-8-24)18-6-4-15(21)12-22-18/h3-6,11-12,14H,7-10H2,1-2H3,(H,23,26). The molecular formula is C19H22BrClN4O. The van der Waals surface area contributed by atoms with Crippen molar-refractivity contribution in [2.45, 2.75) is 19.9 Å². The van der Waals surface area contributed by atoms with Gasteiger partial charge in [-0.1, -0.05) is 17.7 Å². The molecule has 0 aliphatic carbocycles. The van der Waals surface area contributed by atoms with Crippen LogP contribution >= 0.6 is 27.5 Å². The van der Waals surface area contributed by atoms with Gasteiger partial charge in [0.05, 0.1) is 16.8 Å². The molecule has 0 saturated carbocycles. The highest BCUT2D eigenvalue weighted by molar-refractivity contribution is 9.10. The molecule has 1 N–H and O–H groups in total. The monoisotopic (exact) mass is 436 g/mol. The van der Waals surface area contributed by atoms with Crippen LogP contribution in [-0.4, -0.2) is 48.0 Å². The molecule has 1 unspecified atom stereocenters. The highest BCUT2D eigenvalue weighted by Gasteiger charge is 2.26. The van der Waals surface area contributed by atoms with Crippen LogP contribution in [0.1, 0.15) is 12.5 Å². The highest BCUT2D eigenvalue weighted by Crippen LogP contribution is 2.24. The van der Waals surface area contributed by atoms with Crippen molar-refractivity contribution in [2.24, 2.45) is 0 Å². The number of rotatable bonds is 4. The van der Waals surface area contributed by atoms with Crippen molar-refractivity contribution >= 4 is 44.9 Å². The van der Waals surface area contributed by atoms with Gasteiger partial charge in [0.25, 0.3) is 0 Å². The number of benzene rings is 1. The van der Waals surface area contributed by atoms with E-state index in [-0.39, 0.29) is 11.9 Å². The summed E-state index contributed by atoms with van der Waals surface area (Å²) in [6.07, 6.45) is 1.67. The summed E-state index contributed by atoms with van der Waals surface area (Å²) in [5.41, 5.74) is 1.95. The maximum Gasteiger partial charge on any atom is 0.241 e. The first-order valence-corrected chi connectivity index (χ1v) is 9.78. The number of piperazine rings is 1. The van der Waals surface area contributed by atoms with Crippen molar-refractivity contribution < 1.29 is 4.79 Å². The third-order valence-corrected chi connectivity index (χ3v) is 5.54. The Morgan fingerprint density at radius 2 is 1.96 bits per heavy atom. The van der Waals surface area contributed by atoms with Crippen molar-refractivity contribution in [2.75, 3.05) is 36.4 Å².